The van der Waals surface area contributed by atoms with Crippen LogP contribution in [-0.4, -0.2) is 25.2 Å². The van der Waals surface area contributed by atoms with Crippen LogP contribution in [0.3, 0.4) is 0 Å². The van der Waals surface area contributed by atoms with Gasteiger partial charge in [-0.3, -0.25) is 4.79 Å². The van der Waals surface area contributed by atoms with Crippen molar-refractivity contribution in [3.05, 3.63) is 29.8 Å². The average molecular weight is 341 g/mol. The van der Waals surface area contributed by atoms with Crippen LogP contribution >= 0.6 is 0 Å². The minimum Gasteiger partial charge on any atom is -0.496 e. The zero-order valence-corrected chi connectivity index (χ0v) is 13.6. The molecule has 3 rings (SSSR count). The van der Waals surface area contributed by atoms with Crippen molar-refractivity contribution in [2.75, 3.05) is 7.11 Å². The summed E-state index contributed by atoms with van der Waals surface area (Å²) in [7, 11) is 1.58. The fourth-order valence-corrected chi connectivity index (χ4v) is 3.79. The lowest BCUT2D eigenvalue weighted by Gasteiger charge is -2.33. The Balaban J connectivity index is 1.64. The van der Waals surface area contributed by atoms with Gasteiger partial charge in [-0.15, -0.1) is 0 Å². The van der Waals surface area contributed by atoms with Crippen LogP contribution in [0, 0.1) is 11.8 Å². The quantitative estimate of drug-likeness (QED) is 0.898. The maximum atomic E-state index is 13.1. The molecule has 2 fully saturated rings. The van der Waals surface area contributed by atoms with Crippen LogP contribution in [0.5, 0.6) is 5.75 Å². The van der Waals surface area contributed by atoms with E-state index < -0.39 is 18.1 Å². The maximum Gasteiger partial charge on any atom is 0.393 e. The van der Waals surface area contributed by atoms with Crippen LogP contribution in [0.4, 0.5) is 13.2 Å². The molecule has 1 amide bonds. The summed E-state index contributed by atoms with van der Waals surface area (Å²) in [5.41, 5.74) is 0.955. The molecule has 0 bridgehead atoms. The summed E-state index contributed by atoms with van der Waals surface area (Å²) in [6.45, 7) is 0. The lowest BCUT2D eigenvalue weighted by Crippen LogP contribution is -2.48. The molecule has 0 aliphatic heterocycles. The van der Waals surface area contributed by atoms with E-state index >= 15 is 0 Å². The van der Waals surface area contributed by atoms with E-state index in [9.17, 15) is 18.0 Å². The predicted molar refractivity (Wildman–Crippen MR) is 83.8 cm³/mol. The van der Waals surface area contributed by atoms with Gasteiger partial charge in [0.05, 0.1) is 13.0 Å². The number of halogens is 3. The second-order valence-electron chi connectivity index (χ2n) is 6.74. The Labute approximate surface area is 139 Å². The Hall–Kier alpha value is -1.72. The minimum absolute atomic E-state index is 0.0362. The summed E-state index contributed by atoms with van der Waals surface area (Å²) in [6.07, 6.45) is -1.77. The van der Waals surface area contributed by atoms with E-state index in [-0.39, 0.29) is 24.2 Å². The molecule has 3 nitrogen and oxygen atoms in total. The molecule has 0 heterocycles. The molecule has 0 aromatic heterocycles. The smallest absolute Gasteiger partial charge is 0.393 e. The summed E-state index contributed by atoms with van der Waals surface area (Å²) in [5.74, 6) is -1.17. The van der Waals surface area contributed by atoms with Gasteiger partial charge in [0.2, 0.25) is 5.91 Å². The number of hydrogen-bond donors (Lipinski definition) is 1. The summed E-state index contributed by atoms with van der Waals surface area (Å²) < 4.78 is 44.7. The second kappa shape index (κ2) is 6.65. The highest BCUT2D eigenvalue weighted by molar-refractivity contribution is 5.83. The third kappa shape index (κ3) is 3.52. The van der Waals surface area contributed by atoms with Gasteiger partial charge in [0, 0.05) is 12.0 Å². The summed E-state index contributed by atoms with van der Waals surface area (Å²) in [6, 6.07) is 6.70. The normalized spacial score (nSPS) is 29.8. The third-order valence-electron chi connectivity index (χ3n) is 5.18. The van der Waals surface area contributed by atoms with Crippen LogP contribution in [0.2, 0.25) is 0 Å². The molecule has 2 saturated carbocycles. The molecule has 132 valence electrons. The molecule has 2 aliphatic rings. The van der Waals surface area contributed by atoms with E-state index in [4.69, 9.17) is 4.74 Å². The number of rotatable bonds is 4. The van der Waals surface area contributed by atoms with Crippen LogP contribution < -0.4 is 10.1 Å². The lowest BCUT2D eigenvalue weighted by atomic mass is 9.84. The first-order valence-corrected chi connectivity index (χ1v) is 8.42. The van der Waals surface area contributed by atoms with Crippen LogP contribution in [0.15, 0.2) is 24.3 Å². The first-order chi connectivity index (χ1) is 11.4. The highest BCUT2D eigenvalue weighted by atomic mass is 19.4. The number of methoxy groups -OCH3 is 1. The molecule has 0 saturated heterocycles. The number of carbonyl (C=O) groups is 1. The van der Waals surface area contributed by atoms with Crippen molar-refractivity contribution in [1.29, 1.82) is 0 Å². The molecule has 6 heteroatoms. The predicted octanol–water partition coefficient (Wildman–Crippen LogP) is 4.04. The molecule has 0 radical (unpaired) electrons. The molecule has 24 heavy (non-hydrogen) atoms. The maximum absolute atomic E-state index is 13.1. The van der Waals surface area contributed by atoms with Crippen molar-refractivity contribution >= 4 is 5.91 Å². The summed E-state index contributed by atoms with van der Waals surface area (Å²) >= 11 is 0. The first-order valence-electron chi connectivity index (χ1n) is 8.42. The van der Waals surface area contributed by atoms with Crippen molar-refractivity contribution in [2.24, 2.45) is 11.8 Å². The van der Waals surface area contributed by atoms with Crippen molar-refractivity contribution in [3.8, 4) is 5.75 Å². The molecule has 1 aromatic carbocycles. The minimum atomic E-state index is -4.25. The van der Waals surface area contributed by atoms with Crippen LogP contribution in [0.25, 0.3) is 0 Å². The summed E-state index contributed by atoms with van der Waals surface area (Å²) in [4.78, 5) is 12.4. The highest BCUT2D eigenvalue weighted by Gasteiger charge is 2.49. The van der Waals surface area contributed by atoms with Gasteiger partial charge in [-0.05, 0) is 36.8 Å². The number of alkyl halides is 3. The number of carbonyl (C=O) groups excluding carboxylic acids is 1. The molecule has 0 unspecified atom stereocenters. The van der Waals surface area contributed by atoms with E-state index in [1.807, 2.05) is 24.3 Å². The number of hydrogen-bond acceptors (Lipinski definition) is 2. The van der Waals surface area contributed by atoms with Crippen molar-refractivity contribution in [3.63, 3.8) is 0 Å². The van der Waals surface area contributed by atoms with Crippen LogP contribution in [-0.2, 0) is 4.79 Å². The Morgan fingerprint density at radius 3 is 2.62 bits per heavy atom. The Morgan fingerprint density at radius 2 is 1.92 bits per heavy atom. The third-order valence-corrected chi connectivity index (χ3v) is 5.18. The Morgan fingerprint density at radius 1 is 1.21 bits per heavy atom. The second-order valence-corrected chi connectivity index (χ2v) is 6.74. The van der Waals surface area contributed by atoms with Gasteiger partial charge >= 0.3 is 6.18 Å². The molecule has 0 spiro atoms. The number of benzene rings is 1. The number of ether oxygens (including phenoxy) is 1. The Kier molecular flexibility index (Phi) is 4.74. The standard InChI is InChI=1S/C18H22F3NO2/c1-24-16-9-5-2-6-11(16)12-10-13(12)17(23)22-15-8-4-3-7-14(15)18(19,20)21/h2,5-6,9,12-15H,3-4,7-8,10H2,1H3,(H,22,23)/t12-,13-,14-,15-/m0/s1. The topological polar surface area (TPSA) is 38.3 Å². The van der Waals surface area contributed by atoms with Gasteiger partial charge in [-0.25, -0.2) is 0 Å². The van der Waals surface area contributed by atoms with Crippen molar-refractivity contribution in [1.82, 2.24) is 5.32 Å². The van der Waals surface area contributed by atoms with Gasteiger partial charge in [0.1, 0.15) is 5.75 Å². The Bertz CT molecular complexity index is 602. The van der Waals surface area contributed by atoms with Gasteiger partial charge in [-0.1, -0.05) is 31.0 Å². The largest absolute Gasteiger partial charge is 0.496 e. The van der Waals surface area contributed by atoms with E-state index in [0.29, 0.717) is 19.3 Å². The van der Waals surface area contributed by atoms with Gasteiger partial charge in [0.15, 0.2) is 0 Å². The van der Waals surface area contributed by atoms with Gasteiger partial charge < -0.3 is 10.1 Å². The number of nitrogens with one attached hydrogen (secondary N) is 1. The molecule has 2 aliphatic carbocycles. The van der Waals surface area contributed by atoms with E-state index in [1.165, 1.54) is 0 Å². The molecule has 4 atom stereocenters. The van der Waals surface area contributed by atoms with E-state index in [1.54, 1.807) is 7.11 Å². The van der Waals surface area contributed by atoms with E-state index in [0.717, 1.165) is 17.7 Å². The number of para-hydroxylation sites is 1. The monoisotopic (exact) mass is 341 g/mol. The number of amides is 1. The SMILES string of the molecule is COc1ccccc1[C@@H]1C[C@@H]1C(=O)N[C@H]1CCCC[C@@H]1C(F)(F)F. The van der Waals surface area contributed by atoms with Crippen LogP contribution in [0.1, 0.15) is 43.6 Å². The fraction of sp³-hybridized carbons (Fsp3) is 0.611. The molecule has 1 aromatic rings. The van der Waals surface area contributed by atoms with Gasteiger partial charge in [0.25, 0.3) is 0 Å². The lowest BCUT2D eigenvalue weighted by molar-refractivity contribution is -0.189. The zero-order chi connectivity index (χ0) is 17.3. The highest BCUT2D eigenvalue weighted by Crippen LogP contribution is 2.50. The summed E-state index contributed by atoms with van der Waals surface area (Å²) in [5, 5.41) is 2.67. The molecule has 1 N–H and O–H groups in total. The molecular weight excluding hydrogens is 319 g/mol. The molecular formula is C18H22F3NO2. The fourth-order valence-electron chi connectivity index (χ4n) is 3.79. The van der Waals surface area contributed by atoms with Crippen molar-refractivity contribution < 1.29 is 22.7 Å². The van der Waals surface area contributed by atoms with Crippen molar-refractivity contribution in [2.45, 2.75) is 50.2 Å². The van der Waals surface area contributed by atoms with Gasteiger partial charge in [-0.2, -0.15) is 13.2 Å². The average Bonchev–Trinajstić information content (AvgIpc) is 3.35. The van der Waals surface area contributed by atoms with E-state index in [2.05, 4.69) is 5.32 Å². The first kappa shape index (κ1) is 17.1. The zero-order valence-electron chi connectivity index (χ0n) is 13.6.